The highest BCUT2D eigenvalue weighted by Gasteiger charge is 2.13. The van der Waals surface area contributed by atoms with E-state index in [2.05, 4.69) is 6.92 Å². The first-order valence-corrected chi connectivity index (χ1v) is 6.02. The van der Waals surface area contributed by atoms with E-state index in [1.54, 1.807) is 0 Å². The Morgan fingerprint density at radius 1 is 1.25 bits per heavy atom. The topological polar surface area (TPSA) is 26.3 Å². The Kier molecular flexibility index (Phi) is 3.60. The summed E-state index contributed by atoms with van der Waals surface area (Å²) in [5.74, 6) is 1.20. The number of fused-ring (bicyclic) bond motifs is 1. The van der Waals surface area contributed by atoms with Crippen LogP contribution in [-0.2, 0) is 11.2 Å². The second kappa shape index (κ2) is 5.15. The molecule has 1 aromatic carbocycles. The van der Waals surface area contributed by atoms with Crippen LogP contribution in [0.25, 0.3) is 0 Å². The van der Waals surface area contributed by atoms with E-state index in [4.69, 9.17) is 4.74 Å². The minimum absolute atomic E-state index is 0.245. The number of Topliss-reactive ketones (excluding diaryl/α,β-unsaturated/α-hetero) is 1. The summed E-state index contributed by atoms with van der Waals surface area (Å²) >= 11 is 0. The Labute approximate surface area is 96.6 Å². The molecule has 1 aliphatic rings. The van der Waals surface area contributed by atoms with Crippen LogP contribution in [0.5, 0.6) is 5.75 Å². The van der Waals surface area contributed by atoms with Gasteiger partial charge in [-0.25, -0.2) is 0 Å². The fourth-order valence-electron chi connectivity index (χ4n) is 2.10. The van der Waals surface area contributed by atoms with E-state index in [-0.39, 0.29) is 6.10 Å². The molecular formula is C14H18O2. The molecule has 0 amide bonds. The molecule has 0 radical (unpaired) electrons. The van der Waals surface area contributed by atoms with Crippen molar-refractivity contribution < 1.29 is 9.53 Å². The Balaban J connectivity index is 2.23. The molecule has 1 aromatic rings. The van der Waals surface area contributed by atoms with Gasteiger partial charge in [-0.1, -0.05) is 18.2 Å². The molecule has 86 valence electrons. The molecule has 1 unspecified atom stereocenters. The molecule has 2 nitrogen and oxygen atoms in total. The maximum absolute atomic E-state index is 11.7. The number of para-hydroxylation sites is 1. The molecule has 0 saturated heterocycles. The monoisotopic (exact) mass is 218 g/mol. The third-order valence-electron chi connectivity index (χ3n) is 3.00. The zero-order valence-electron chi connectivity index (χ0n) is 9.74. The summed E-state index contributed by atoms with van der Waals surface area (Å²) in [4.78, 5) is 11.7. The van der Waals surface area contributed by atoms with Crippen molar-refractivity contribution in [1.82, 2.24) is 0 Å². The van der Waals surface area contributed by atoms with Crippen LogP contribution in [0.2, 0.25) is 0 Å². The smallest absolute Gasteiger partial charge is 0.137 e. The summed E-state index contributed by atoms with van der Waals surface area (Å²) < 4.78 is 5.87. The molecule has 1 heterocycles. The van der Waals surface area contributed by atoms with Gasteiger partial charge in [0, 0.05) is 18.4 Å². The molecule has 0 N–H and O–H groups in total. The molecule has 2 rings (SSSR count). The Hall–Kier alpha value is -1.31. The second-order valence-corrected chi connectivity index (χ2v) is 4.50. The van der Waals surface area contributed by atoms with E-state index in [0.29, 0.717) is 18.6 Å². The lowest BCUT2D eigenvalue weighted by Gasteiger charge is -2.18. The van der Waals surface area contributed by atoms with E-state index in [9.17, 15) is 4.79 Å². The molecule has 1 aliphatic heterocycles. The molecule has 0 aromatic heterocycles. The summed E-state index contributed by atoms with van der Waals surface area (Å²) in [6, 6.07) is 7.87. The van der Waals surface area contributed by atoms with Gasteiger partial charge in [-0.2, -0.15) is 0 Å². The molecule has 0 fully saturated rings. The van der Waals surface area contributed by atoms with Crippen LogP contribution in [-0.4, -0.2) is 11.9 Å². The van der Waals surface area contributed by atoms with Gasteiger partial charge in [-0.3, -0.25) is 4.79 Å². The van der Waals surface area contributed by atoms with Crippen molar-refractivity contribution in [1.29, 1.82) is 0 Å². The van der Waals surface area contributed by atoms with Crippen LogP contribution in [0.3, 0.4) is 0 Å². The maximum Gasteiger partial charge on any atom is 0.137 e. The summed E-state index contributed by atoms with van der Waals surface area (Å²) in [5.41, 5.74) is 1.03. The minimum atomic E-state index is 0.245. The van der Waals surface area contributed by atoms with Crippen LogP contribution in [0.4, 0.5) is 0 Å². The normalized spacial score (nSPS) is 22.1. The average Bonchev–Trinajstić information content (AvgIpc) is 2.27. The van der Waals surface area contributed by atoms with Gasteiger partial charge < -0.3 is 4.74 Å². The quantitative estimate of drug-likeness (QED) is 0.668. The molecule has 0 spiro atoms. The third kappa shape index (κ3) is 2.84. The Morgan fingerprint density at radius 3 is 2.94 bits per heavy atom. The van der Waals surface area contributed by atoms with Crippen molar-refractivity contribution in [2.45, 2.75) is 45.1 Å². The van der Waals surface area contributed by atoms with Gasteiger partial charge in [-0.05, 0) is 32.3 Å². The highest BCUT2D eigenvalue weighted by atomic mass is 16.5. The number of ether oxygens (including phenoxy) is 1. The molecule has 0 aliphatic carbocycles. The van der Waals surface area contributed by atoms with Gasteiger partial charge in [0.2, 0.25) is 0 Å². The zero-order valence-corrected chi connectivity index (χ0v) is 9.74. The van der Waals surface area contributed by atoms with Crippen molar-refractivity contribution in [3.05, 3.63) is 29.8 Å². The first kappa shape index (κ1) is 11.2. The summed E-state index contributed by atoms with van der Waals surface area (Å²) in [5, 5.41) is 0. The summed E-state index contributed by atoms with van der Waals surface area (Å²) in [6.45, 7) is 2.10. The van der Waals surface area contributed by atoms with Crippen molar-refractivity contribution in [2.24, 2.45) is 0 Å². The van der Waals surface area contributed by atoms with Crippen LogP contribution < -0.4 is 4.74 Å². The van der Waals surface area contributed by atoms with E-state index >= 15 is 0 Å². The average molecular weight is 218 g/mol. The molecule has 2 heteroatoms. The van der Waals surface area contributed by atoms with Crippen LogP contribution >= 0.6 is 0 Å². The Bertz CT molecular complexity index is 371. The summed E-state index contributed by atoms with van der Waals surface area (Å²) in [7, 11) is 0. The van der Waals surface area contributed by atoms with Gasteiger partial charge in [0.15, 0.2) is 0 Å². The van der Waals surface area contributed by atoms with Crippen molar-refractivity contribution in [3.8, 4) is 5.75 Å². The number of carbonyl (C=O) groups excluding carboxylic acids is 1. The first-order chi connectivity index (χ1) is 7.75. The van der Waals surface area contributed by atoms with Gasteiger partial charge in [0.1, 0.15) is 11.5 Å². The molecule has 16 heavy (non-hydrogen) atoms. The number of benzene rings is 1. The second-order valence-electron chi connectivity index (χ2n) is 4.50. The van der Waals surface area contributed by atoms with Gasteiger partial charge in [0.05, 0.1) is 6.10 Å². The SMILES string of the molecule is CC1CCCCC(=O)Cc2ccccc2O1. The zero-order chi connectivity index (χ0) is 11.4. The molecule has 1 atom stereocenters. The molecular weight excluding hydrogens is 200 g/mol. The lowest BCUT2D eigenvalue weighted by Crippen LogP contribution is -2.15. The number of carbonyl (C=O) groups is 1. The third-order valence-corrected chi connectivity index (χ3v) is 3.00. The van der Waals surface area contributed by atoms with E-state index in [1.807, 2.05) is 24.3 Å². The van der Waals surface area contributed by atoms with Crippen LogP contribution in [0.1, 0.15) is 38.2 Å². The number of hydrogen-bond acceptors (Lipinski definition) is 2. The Morgan fingerprint density at radius 2 is 2.06 bits per heavy atom. The lowest BCUT2D eigenvalue weighted by atomic mass is 10.0. The fourth-order valence-corrected chi connectivity index (χ4v) is 2.10. The lowest BCUT2D eigenvalue weighted by molar-refractivity contribution is -0.118. The van der Waals surface area contributed by atoms with E-state index < -0.39 is 0 Å². The van der Waals surface area contributed by atoms with Crippen molar-refractivity contribution in [3.63, 3.8) is 0 Å². The van der Waals surface area contributed by atoms with Gasteiger partial charge >= 0.3 is 0 Å². The highest BCUT2D eigenvalue weighted by Crippen LogP contribution is 2.23. The van der Waals surface area contributed by atoms with E-state index in [0.717, 1.165) is 30.6 Å². The largest absolute Gasteiger partial charge is 0.490 e. The fraction of sp³-hybridized carbons (Fsp3) is 0.500. The first-order valence-electron chi connectivity index (χ1n) is 6.02. The standard InChI is InChI=1S/C14H18O2/c1-11-6-2-4-8-13(15)10-12-7-3-5-9-14(12)16-11/h3,5,7,9,11H,2,4,6,8,10H2,1H3. The molecule has 0 bridgehead atoms. The van der Waals surface area contributed by atoms with E-state index in [1.165, 1.54) is 0 Å². The summed E-state index contributed by atoms with van der Waals surface area (Å²) in [6.07, 6.45) is 4.57. The van der Waals surface area contributed by atoms with Crippen LogP contribution in [0.15, 0.2) is 24.3 Å². The molecule has 0 saturated carbocycles. The minimum Gasteiger partial charge on any atom is -0.490 e. The number of ketones is 1. The predicted molar refractivity (Wildman–Crippen MR) is 63.7 cm³/mol. The van der Waals surface area contributed by atoms with Gasteiger partial charge in [-0.15, -0.1) is 0 Å². The van der Waals surface area contributed by atoms with Crippen molar-refractivity contribution in [2.75, 3.05) is 0 Å². The highest BCUT2D eigenvalue weighted by molar-refractivity contribution is 5.81. The van der Waals surface area contributed by atoms with Gasteiger partial charge in [0.25, 0.3) is 0 Å². The maximum atomic E-state index is 11.7. The number of hydrogen-bond donors (Lipinski definition) is 0. The number of rotatable bonds is 0. The van der Waals surface area contributed by atoms with Crippen LogP contribution in [0, 0.1) is 0 Å². The predicted octanol–water partition coefficient (Wildman–Crippen LogP) is 3.14. The van der Waals surface area contributed by atoms with Crippen molar-refractivity contribution >= 4 is 5.78 Å².